The Morgan fingerprint density at radius 1 is 1.38 bits per heavy atom. The maximum absolute atomic E-state index is 13.2. The van der Waals surface area contributed by atoms with Crippen molar-refractivity contribution in [2.24, 2.45) is 5.73 Å². The van der Waals surface area contributed by atoms with Crippen LogP contribution in [-0.2, 0) is 4.74 Å². The van der Waals surface area contributed by atoms with E-state index < -0.39 is 0 Å². The normalized spacial score (nSPS) is 12.4. The van der Waals surface area contributed by atoms with Gasteiger partial charge in [-0.15, -0.1) is 0 Å². The van der Waals surface area contributed by atoms with E-state index in [9.17, 15) is 4.39 Å². The minimum absolute atomic E-state index is 0.0169. The van der Waals surface area contributed by atoms with Gasteiger partial charge in [-0.1, -0.05) is 12.1 Å². The van der Waals surface area contributed by atoms with Crippen LogP contribution in [0.1, 0.15) is 13.3 Å². The molecular weight excluding hydrogens is 209 g/mol. The van der Waals surface area contributed by atoms with Crippen LogP contribution >= 0.6 is 0 Å². The van der Waals surface area contributed by atoms with E-state index in [4.69, 9.17) is 15.2 Å². The molecule has 2 N–H and O–H groups in total. The third-order valence-corrected chi connectivity index (χ3v) is 2.20. The fraction of sp³-hybridized carbons (Fsp3) is 0.500. The molecule has 0 heterocycles. The first-order valence-electron chi connectivity index (χ1n) is 5.47. The lowest BCUT2D eigenvalue weighted by Gasteiger charge is -2.15. The second kappa shape index (κ2) is 7.19. The summed E-state index contributed by atoms with van der Waals surface area (Å²) in [6.07, 6.45) is 0.648. The average molecular weight is 227 g/mol. The predicted octanol–water partition coefficient (Wildman–Crippen LogP) is 1.96. The Morgan fingerprint density at radius 3 is 2.75 bits per heavy atom. The summed E-state index contributed by atoms with van der Waals surface area (Å²) in [7, 11) is 0. The lowest BCUT2D eigenvalue weighted by molar-refractivity contribution is 0.0523. The molecule has 0 aromatic heterocycles. The summed E-state index contributed by atoms with van der Waals surface area (Å²) in [5.74, 6) is -0.0713. The van der Waals surface area contributed by atoms with Crippen LogP contribution in [0.15, 0.2) is 24.3 Å². The lowest BCUT2D eigenvalue weighted by atomic mass is 10.2. The van der Waals surface area contributed by atoms with E-state index in [1.54, 1.807) is 18.2 Å². The molecule has 0 aliphatic heterocycles. The van der Waals surface area contributed by atoms with Gasteiger partial charge in [0.1, 0.15) is 0 Å². The van der Waals surface area contributed by atoms with Gasteiger partial charge in [0.25, 0.3) is 0 Å². The van der Waals surface area contributed by atoms with Crippen LogP contribution < -0.4 is 10.5 Å². The Hall–Kier alpha value is -1.13. The van der Waals surface area contributed by atoms with Crippen molar-refractivity contribution in [1.82, 2.24) is 0 Å². The molecule has 0 saturated heterocycles. The molecule has 1 aromatic rings. The molecule has 0 amide bonds. The zero-order valence-corrected chi connectivity index (χ0v) is 9.49. The van der Waals surface area contributed by atoms with Crippen LogP contribution in [0.4, 0.5) is 4.39 Å². The molecule has 90 valence electrons. The van der Waals surface area contributed by atoms with Crippen molar-refractivity contribution in [1.29, 1.82) is 0 Å². The van der Waals surface area contributed by atoms with Crippen molar-refractivity contribution in [3.05, 3.63) is 30.1 Å². The van der Waals surface area contributed by atoms with Crippen molar-refractivity contribution < 1.29 is 13.9 Å². The number of nitrogens with two attached hydrogens (primary N) is 1. The van der Waals surface area contributed by atoms with E-state index in [1.807, 2.05) is 6.92 Å². The molecule has 0 bridgehead atoms. The first-order valence-corrected chi connectivity index (χ1v) is 5.47. The van der Waals surface area contributed by atoms with Crippen molar-refractivity contribution in [2.45, 2.75) is 19.4 Å². The van der Waals surface area contributed by atoms with Gasteiger partial charge in [-0.05, 0) is 19.1 Å². The van der Waals surface area contributed by atoms with Crippen LogP contribution in [0.25, 0.3) is 0 Å². The molecule has 0 spiro atoms. The predicted molar refractivity (Wildman–Crippen MR) is 61.0 cm³/mol. The number of hydrogen-bond acceptors (Lipinski definition) is 3. The SMILES string of the molecule is CCOC(CN)CCOc1ccccc1F. The summed E-state index contributed by atoms with van der Waals surface area (Å²) < 4.78 is 23.8. The second-order valence-electron chi connectivity index (χ2n) is 3.38. The molecule has 0 fully saturated rings. The molecule has 1 rings (SSSR count). The van der Waals surface area contributed by atoms with E-state index in [2.05, 4.69) is 0 Å². The van der Waals surface area contributed by atoms with Gasteiger partial charge in [0.2, 0.25) is 0 Å². The van der Waals surface area contributed by atoms with Gasteiger partial charge in [0.05, 0.1) is 12.7 Å². The zero-order valence-electron chi connectivity index (χ0n) is 9.49. The second-order valence-corrected chi connectivity index (χ2v) is 3.38. The van der Waals surface area contributed by atoms with Crippen LogP contribution in [0.5, 0.6) is 5.75 Å². The molecular formula is C12H18FNO2. The number of halogens is 1. The lowest BCUT2D eigenvalue weighted by Crippen LogP contribution is -2.25. The van der Waals surface area contributed by atoms with Gasteiger partial charge in [-0.25, -0.2) is 4.39 Å². The van der Waals surface area contributed by atoms with Crippen LogP contribution in [-0.4, -0.2) is 25.9 Å². The minimum Gasteiger partial charge on any atom is -0.490 e. The van der Waals surface area contributed by atoms with Gasteiger partial charge in [0, 0.05) is 19.6 Å². The van der Waals surface area contributed by atoms with Gasteiger partial charge >= 0.3 is 0 Å². The molecule has 4 heteroatoms. The smallest absolute Gasteiger partial charge is 0.165 e. The Morgan fingerprint density at radius 2 is 2.12 bits per heavy atom. The molecule has 3 nitrogen and oxygen atoms in total. The highest BCUT2D eigenvalue weighted by Gasteiger charge is 2.07. The van der Waals surface area contributed by atoms with Crippen molar-refractivity contribution in [2.75, 3.05) is 19.8 Å². The van der Waals surface area contributed by atoms with Gasteiger partial charge in [-0.3, -0.25) is 0 Å². The van der Waals surface area contributed by atoms with E-state index in [0.717, 1.165) is 0 Å². The molecule has 0 radical (unpaired) electrons. The Bertz CT molecular complexity index is 307. The largest absolute Gasteiger partial charge is 0.490 e. The van der Waals surface area contributed by atoms with Crippen molar-refractivity contribution >= 4 is 0 Å². The fourth-order valence-electron chi connectivity index (χ4n) is 1.37. The van der Waals surface area contributed by atoms with Crippen LogP contribution in [0.3, 0.4) is 0 Å². The third kappa shape index (κ3) is 4.16. The first kappa shape index (κ1) is 12.9. The number of ether oxygens (including phenoxy) is 2. The molecule has 16 heavy (non-hydrogen) atoms. The summed E-state index contributed by atoms with van der Waals surface area (Å²) in [4.78, 5) is 0. The van der Waals surface area contributed by atoms with Crippen LogP contribution in [0, 0.1) is 5.82 Å². The summed E-state index contributed by atoms with van der Waals surface area (Å²) in [6, 6.07) is 6.35. The Balaban J connectivity index is 2.32. The molecule has 0 aliphatic carbocycles. The highest BCUT2D eigenvalue weighted by Crippen LogP contribution is 2.15. The summed E-state index contributed by atoms with van der Waals surface area (Å²) in [6.45, 7) is 3.40. The summed E-state index contributed by atoms with van der Waals surface area (Å²) in [5.41, 5.74) is 5.51. The molecule has 0 aliphatic rings. The Kier molecular flexibility index (Phi) is 5.82. The first-order chi connectivity index (χ1) is 7.77. The van der Waals surface area contributed by atoms with Crippen molar-refractivity contribution in [3.8, 4) is 5.75 Å². The number of para-hydroxylation sites is 1. The fourth-order valence-corrected chi connectivity index (χ4v) is 1.37. The van der Waals surface area contributed by atoms with Crippen LogP contribution in [0.2, 0.25) is 0 Å². The van der Waals surface area contributed by atoms with E-state index >= 15 is 0 Å². The van der Waals surface area contributed by atoms with E-state index in [0.29, 0.717) is 26.2 Å². The molecule has 1 atom stereocenters. The standard InChI is InChI=1S/C12H18FNO2/c1-2-15-10(9-14)7-8-16-12-6-4-3-5-11(12)13/h3-6,10H,2,7-9,14H2,1H3. The van der Waals surface area contributed by atoms with E-state index in [1.165, 1.54) is 6.07 Å². The quantitative estimate of drug-likeness (QED) is 0.774. The zero-order chi connectivity index (χ0) is 11.8. The maximum Gasteiger partial charge on any atom is 0.165 e. The molecule has 0 saturated carbocycles. The summed E-state index contributed by atoms with van der Waals surface area (Å²) in [5, 5.41) is 0. The minimum atomic E-state index is -0.344. The Labute approximate surface area is 95.4 Å². The van der Waals surface area contributed by atoms with Crippen molar-refractivity contribution in [3.63, 3.8) is 0 Å². The number of benzene rings is 1. The van der Waals surface area contributed by atoms with Gasteiger partial charge in [0.15, 0.2) is 11.6 Å². The van der Waals surface area contributed by atoms with E-state index in [-0.39, 0.29) is 17.7 Å². The number of hydrogen-bond donors (Lipinski definition) is 1. The average Bonchev–Trinajstić information content (AvgIpc) is 2.30. The number of rotatable bonds is 7. The van der Waals surface area contributed by atoms with Gasteiger partial charge < -0.3 is 15.2 Å². The van der Waals surface area contributed by atoms with Gasteiger partial charge in [-0.2, -0.15) is 0 Å². The molecule has 1 unspecified atom stereocenters. The summed E-state index contributed by atoms with van der Waals surface area (Å²) >= 11 is 0. The highest BCUT2D eigenvalue weighted by atomic mass is 19.1. The highest BCUT2D eigenvalue weighted by molar-refractivity contribution is 5.23. The topological polar surface area (TPSA) is 44.5 Å². The third-order valence-electron chi connectivity index (χ3n) is 2.20. The maximum atomic E-state index is 13.2. The molecule has 1 aromatic carbocycles. The monoisotopic (exact) mass is 227 g/mol.